The minimum atomic E-state index is -3.01. The molecule has 88 valence electrons. The quantitative estimate of drug-likeness (QED) is 0.640. The van der Waals surface area contributed by atoms with E-state index < -0.39 is 11.9 Å². The smallest absolute Gasteiger partial charge is 0.340 e. The van der Waals surface area contributed by atoms with E-state index >= 15 is 0 Å². The summed E-state index contributed by atoms with van der Waals surface area (Å²) in [6.07, 6.45) is 0. The van der Waals surface area contributed by atoms with Gasteiger partial charge in [0.2, 0.25) is 0 Å². The number of ether oxygens (including phenoxy) is 1. The van der Waals surface area contributed by atoms with Gasteiger partial charge in [-0.05, 0) is 19.1 Å². The van der Waals surface area contributed by atoms with Crippen LogP contribution in [-0.4, -0.2) is 12.6 Å². The van der Waals surface area contributed by atoms with Crippen LogP contribution in [0.1, 0.15) is 29.8 Å². The summed E-state index contributed by atoms with van der Waals surface area (Å²) in [5.41, 5.74) is 5.36. The molecule has 1 aromatic carbocycles. The van der Waals surface area contributed by atoms with Crippen molar-refractivity contribution in [1.29, 1.82) is 0 Å². The van der Waals surface area contributed by atoms with Gasteiger partial charge in [0, 0.05) is 18.2 Å². The minimum absolute atomic E-state index is 0.0270. The van der Waals surface area contributed by atoms with Crippen molar-refractivity contribution in [3.8, 4) is 0 Å². The highest BCUT2D eigenvalue weighted by Gasteiger charge is 2.26. The molecule has 0 aliphatic heterocycles. The summed E-state index contributed by atoms with van der Waals surface area (Å²) in [7, 11) is 0. The number of carbonyl (C=O) groups excluding carboxylic acids is 1. The van der Waals surface area contributed by atoms with Crippen LogP contribution in [-0.2, 0) is 10.7 Å². The average Bonchev–Trinajstić information content (AvgIpc) is 2.16. The third kappa shape index (κ3) is 2.68. The molecule has 0 aliphatic carbocycles. The van der Waals surface area contributed by atoms with Crippen LogP contribution in [0.3, 0.4) is 0 Å². The van der Waals surface area contributed by atoms with Crippen LogP contribution >= 0.6 is 0 Å². The van der Waals surface area contributed by atoms with Gasteiger partial charge in [-0.15, -0.1) is 0 Å². The minimum Gasteiger partial charge on any atom is -0.462 e. The number of nitrogen functional groups attached to an aromatic ring is 1. The maximum atomic E-state index is 13.0. The molecule has 1 aromatic rings. The van der Waals surface area contributed by atoms with Crippen LogP contribution in [0.4, 0.5) is 14.5 Å². The van der Waals surface area contributed by atoms with E-state index in [1.807, 2.05) is 0 Å². The molecule has 0 radical (unpaired) electrons. The Hall–Kier alpha value is -1.65. The van der Waals surface area contributed by atoms with Crippen LogP contribution in [0, 0.1) is 0 Å². The van der Waals surface area contributed by atoms with E-state index in [1.54, 1.807) is 6.92 Å². The molecule has 5 heteroatoms. The fraction of sp³-hybridized carbons (Fsp3) is 0.364. The molecule has 0 bridgehead atoms. The maximum Gasteiger partial charge on any atom is 0.340 e. The Balaban J connectivity index is 3.14. The normalized spacial score (nSPS) is 11.2. The Labute approximate surface area is 92.2 Å². The van der Waals surface area contributed by atoms with Gasteiger partial charge < -0.3 is 10.5 Å². The molecule has 0 heterocycles. The van der Waals surface area contributed by atoms with Crippen molar-refractivity contribution >= 4 is 11.7 Å². The van der Waals surface area contributed by atoms with Crippen molar-refractivity contribution in [2.75, 3.05) is 12.3 Å². The molecule has 3 nitrogen and oxygen atoms in total. The number of halogens is 2. The van der Waals surface area contributed by atoms with Crippen molar-refractivity contribution in [2.24, 2.45) is 0 Å². The Kier molecular flexibility index (Phi) is 3.47. The van der Waals surface area contributed by atoms with Crippen LogP contribution < -0.4 is 5.73 Å². The molecular weight excluding hydrogens is 216 g/mol. The standard InChI is InChI=1S/C11H13F2NO2/c1-3-16-10(15)8-6-7(11(2,12)13)4-5-9(8)14/h4-6H,3,14H2,1-2H3. The summed E-state index contributed by atoms with van der Waals surface area (Å²) in [5.74, 6) is -3.69. The van der Waals surface area contributed by atoms with Crippen LogP contribution in [0.25, 0.3) is 0 Å². The average molecular weight is 229 g/mol. The molecule has 0 unspecified atom stereocenters. The van der Waals surface area contributed by atoms with E-state index in [-0.39, 0.29) is 23.4 Å². The number of benzene rings is 1. The highest BCUT2D eigenvalue weighted by molar-refractivity contribution is 5.95. The lowest BCUT2D eigenvalue weighted by molar-refractivity contribution is 0.0174. The number of alkyl halides is 2. The lowest BCUT2D eigenvalue weighted by Crippen LogP contribution is -2.12. The zero-order valence-electron chi connectivity index (χ0n) is 9.09. The first-order chi connectivity index (χ1) is 7.36. The Morgan fingerprint density at radius 1 is 1.50 bits per heavy atom. The molecule has 0 spiro atoms. The third-order valence-corrected chi connectivity index (χ3v) is 2.06. The lowest BCUT2D eigenvalue weighted by atomic mass is 10.0. The van der Waals surface area contributed by atoms with E-state index in [4.69, 9.17) is 10.5 Å². The largest absolute Gasteiger partial charge is 0.462 e. The van der Waals surface area contributed by atoms with Gasteiger partial charge in [-0.2, -0.15) is 0 Å². The molecule has 0 saturated heterocycles. The zero-order chi connectivity index (χ0) is 12.3. The number of esters is 1. The lowest BCUT2D eigenvalue weighted by Gasteiger charge is -2.13. The van der Waals surface area contributed by atoms with E-state index in [0.717, 1.165) is 13.0 Å². The number of carbonyl (C=O) groups is 1. The topological polar surface area (TPSA) is 52.3 Å². The summed E-state index contributed by atoms with van der Waals surface area (Å²) in [5, 5.41) is 0. The van der Waals surface area contributed by atoms with Crippen LogP contribution in [0.15, 0.2) is 18.2 Å². The molecule has 2 N–H and O–H groups in total. The monoisotopic (exact) mass is 229 g/mol. The number of anilines is 1. The van der Waals surface area contributed by atoms with Crippen molar-refractivity contribution in [1.82, 2.24) is 0 Å². The second-order valence-electron chi connectivity index (χ2n) is 3.41. The molecule has 0 amide bonds. The van der Waals surface area contributed by atoms with Crippen LogP contribution in [0.2, 0.25) is 0 Å². The van der Waals surface area contributed by atoms with E-state index in [9.17, 15) is 13.6 Å². The Bertz CT molecular complexity index is 399. The van der Waals surface area contributed by atoms with Gasteiger partial charge in [-0.3, -0.25) is 0 Å². The predicted molar refractivity (Wildman–Crippen MR) is 56.4 cm³/mol. The fourth-order valence-electron chi connectivity index (χ4n) is 1.21. The molecule has 16 heavy (non-hydrogen) atoms. The summed E-state index contributed by atoms with van der Waals surface area (Å²) in [6, 6.07) is 3.53. The summed E-state index contributed by atoms with van der Waals surface area (Å²) in [4.78, 5) is 11.4. The summed E-state index contributed by atoms with van der Waals surface area (Å²) < 4.78 is 30.8. The predicted octanol–water partition coefficient (Wildman–Crippen LogP) is 2.56. The van der Waals surface area contributed by atoms with Crippen molar-refractivity contribution in [3.05, 3.63) is 29.3 Å². The summed E-state index contributed by atoms with van der Waals surface area (Å²) in [6.45, 7) is 2.56. The highest BCUT2D eigenvalue weighted by Crippen LogP contribution is 2.29. The van der Waals surface area contributed by atoms with Gasteiger partial charge in [-0.1, -0.05) is 6.07 Å². The Morgan fingerprint density at radius 3 is 2.62 bits per heavy atom. The number of hydrogen-bond donors (Lipinski definition) is 1. The van der Waals surface area contributed by atoms with Gasteiger partial charge in [0.25, 0.3) is 5.92 Å². The third-order valence-electron chi connectivity index (χ3n) is 2.06. The van der Waals surface area contributed by atoms with Gasteiger partial charge in [0.15, 0.2) is 0 Å². The number of rotatable bonds is 3. The van der Waals surface area contributed by atoms with Crippen molar-refractivity contribution in [2.45, 2.75) is 19.8 Å². The maximum absolute atomic E-state index is 13.0. The van der Waals surface area contributed by atoms with Gasteiger partial charge in [0.1, 0.15) is 0 Å². The SMILES string of the molecule is CCOC(=O)c1cc(C(C)(F)F)ccc1N. The van der Waals surface area contributed by atoms with Crippen LogP contribution in [0.5, 0.6) is 0 Å². The zero-order valence-corrected chi connectivity index (χ0v) is 9.09. The second-order valence-corrected chi connectivity index (χ2v) is 3.41. The summed E-state index contributed by atoms with van der Waals surface area (Å²) >= 11 is 0. The number of nitrogens with two attached hydrogens (primary N) is 1. The second kappa shape index (κ2) is 4.47. The van der Waals surface area contributed by atoms with E-state index in [0.29, 0.717) is 0 Å². The Morgan fingerprint density at radius 2 is 2.12 bits per heavy atom. The number of hydrogen-bond acceptors (Lipinski definition) is 3. The molecule has 1 rings (SSSR count). The van der Waals surface area contributed by atoms with Gasteiger partial charge in [-0.25, -0.2) is 13.6 Å². The molecule has 0 aliphatic rings. The van der Waals surface area contributed by atoms with Crippen molar-refractivity contribution < 1.29 is 18.3 Å². The van der Waals surface area contributed by atoms with E-state index in [1.165, 1.54) is 12.1 Å². The van der Waals surface area contributed by atoms with Gasteiger partial charge >= 0.3 is 5.97 Å². The molecule has 0 fully saturated rings. The first kappa shape index (κ1) is 12.4. The highest BCUT2D eigenvalue weighted by atomic mass is 19.3. The first-order valence-electron chi connectivity index (χ1n) is 4.81. The van der Waals surface area contributed by atoms with Gasteiger partial charge in [0.05, 0.1) is 12.2 Å². The molecule has 0 saturated carbocycles. The van der Waals surface area contributed by atoms with E-state index in [2.05, 4.69) is 0 Å². The fourth-order valence-corrected chi connectivity index (χ4v) is 1.21. The molecule has 0 atom stereocenters. The molecular formula is C11H13F2NO2. The van der Waals surface area contributed by atoms with Crippen molar-refractivity contribution in [3.63, 3.8) is 0 Å². The first-order valence-corrected chi connectivity index (χ1v) is 4.81. The molecule has 0 aromatic heterocycles.